The van der Waals surface area contributed by atoms with Gasteiger partial charge in [-0.25, -0.2) is 9.78 Å². The van der Waals surface area contributed by atoms with E-state index in [9.17, 15) is 9.59 Å². The summed E-state index contributed by atoms with van der Waals surface area (Å²) in [5.74, 6) is 1.67. The largest absolute Gasteiger partial charge is 0.457 e. The molecule has 2 N–H and O–H groups in total. The van der Waals surface area contributed by atoms with E-state index < -0.39 is 0 Å². The lowest BCUT2D eigenvalue weighted by atomic mass is 10.1. The second-order valence-electron chi connectivity index (χ2n) is 10.5. The van der Waals surface area contributed by atoms with Crippen LogP contribution in [0.25, 0.3) is 16.7 Å². The number of hydrogen-bond donors (Lipinski definition) is 1. The zero-order valence-corrected chi connectivity index (χ0v) is 22.5. The number of pyridine rings is 1. The Morgan fingerprint density at radius 2 is 1.73 bits per heavy atom. The van der Waals surface area contributed by atoms with Crippen molar-refractivity contribution in [2.45, 2.75) is 31.7 Å². The van der Waals surface area contributed by atoms with Gasteiger partial charge in [-0.1, -0.05) is 30.7 Å². The van der Waals surface area contributed by atoms with Gasteiger partial charge in [0.1, 0.15) is 22.8 Å². The lowest BCUT2D eigenvalue weighted by Gasteiger charge is -2.24. The van der Waals surface area contributed by atoms with E-state index in [2.05, 4.69) is 9.88 Å². The number of rotatable bonds is 7. The Morgan fingerprint density at radius 1 is 0.975 bits per heavy atom. The van der Waals surface area contributed by atoms with Crippen molar-refractivity contribution in [1.29, 1.82) is 0 Å². The molecule has 206 valence electrons. The van der Waals surface area contributed by atoms with Gasteiger partial charge < -0.3 is 15.4 Å². The molecular formula is C31H34N6O3. The SMILES string of the molecule is Nc1nccc2c1n(-c1ccc(Oc3ccccc3)cc1)c(=O)n2C1CCN(C(=O)/C=C/CN2CCCCC2)C1. The standard InChI is InChI=1S/C31H34N6O3/c32-30-29-27(15-17-33-30)36(24-16-21-35(22-24)28(38)10-7-20-34-18-5-2-6-19-34)31(39)37(29)23-11-13-26(14-12-23)40-25-8-3-1-4-9-25/h1,3-4,7-15,17,24H,2,5-6,16,18-22H2,(H2,32,33)/b10-7+. The number of aromatic nitrogens is 3. The predicted octanol–water partition coefficient (Wildman–Crippen LogP) is 4.38. The summed E-state index contributed by atoms with van der Waals surface area (Å²) < 4.78 is 9.29. The van der Waals surface area contributed by atoms with Crippen molar-refractivity contribution in [2.75, 3.05) is 38.5 Å². The average molecular weight is 539 g/mol. The summed E-state index contributed by atoms with van der Waals surface area (Å²) in [6.07, 6.45) is 9.71. The molecule has 9 nitrogen and oxygen atoms in total. The van der Waals surface area contributed by atoms with Crippen LogP contribution >= 0.6 is 0 Å². The summed E-state index contributed by atoms with van der Waals surface area (Å²) >= 11 is 0. The minimum Gasteiger partial charge on any atom is -0.457 e. The first-order valence-electron chi connectivity index (χ1n) is 14.0. The first kappa shape index (κ1) is 25.9. The number of amides is 1. The van der Waals surface area contributed by atoms with Gasteiger partial charge in [0.15, 0.2) is 0 Å². The molecule has 4 heterocycles. The number of piperidine rings is 1. The first-order valence-corrected chi connectivity index (χ1v) is 14.0. The number of anilines is 1. The number of imidazole rings is 1. The molecule has 0 radical (unpaired) electrons. The van der Waals surface area contributed by atoms with Gasteiger partial charge in [-0.3, -0.25) is 18.8 Å². The molecule has 2 saturated heterocycles. The maximum Gasteiger partial charge on any atom is 0.334 e. The van der Waals surface area contributed by atoms with Crippen LogP contribution in [0.3, 0.4) is 0 Å². The lowest BCUT2D eigenvalue weighted by molar-refractivity contribution is -0.125. The van der Waals surface area contributed by atoms with E-state index in [0.29, 0.717) is 42.0 Å². The smallest absolute Gasteiger partial charge is 0.334 e. The van der Waals surface area contributed by atoms with Crippen LogP contribution in [-0.2, 0) is 4.79 Å². The number of carbonyl (C=O) groups excluding carboxylic acids is 1. The van der Waals surface area contributed by atoms with Crippen LogP contribution in [0, 0.1) is 0 Å². The highest BCUT2D eigenvalue weighted by Crippen LogP contribution is 2.29. The molecule has 0 saturated carbocycles. The molecule has 0 bridgehead atoms. The molecule has 2 fully saturated rings. The molecule has 0 spiro atoms. The average Bonchev–Trinajstić information content (AvgIpc) is 3.58. The van der Waals surface area contributed by atoms with E-state index >= 15 is 0 Å². The molecule has 40 heavy (non-hydrogen) atoms. The van der Waals surface area contributed by atoms with Crippen LogP contribution in [0.1, 0.15) is 31.7 Å². The van der Waals surface area contributed by atoms with E-state index in [-0.39, 0.29) is 23.5 Å². The lowest BCUT2D eigenvalue weighted by Crippen LogP contribution is -2.32. The number of nitrogens with zero attached hydrogens (tertiary/aromatic N) is 5. The number of likely N-dealkylation sites (tertiary alicyclic amines) is 2. The minimum absolute atomic E-state index is 0.00789. The predicted molar refractivity (Wildman–Crippen MR) is 156 cm³/mol. The number of para-hydroxylation sites is 1. The Morgan fingerprint density at radius 3 is 2.50 bits per heavy atom. The van der Waals surface area contributed by atoms with Gasteiger partial charge in [0, 0.05) is 31.9 Å². The zero-order chi connectivity index (χ0) is 27.5. The Balaban J connectivity index is 1.23. The van der Waals surface area contributed by atoms with Crippen molar-refractivity contribution in [3.63, 3.8) is 0 Å². The fraction of sp³-hybridized carbons (Fsp3) is 0.323. The molecule has 1 unspecified atom stereocenters. The third-order valence-electron chi connectivity index (χ3n) is 7.80. The van der Waals surface area contributed by atoms with Crippen LogP contribution in [0.2, 0.25) is 0 Å². The number of hydrogen-bond acceptors (Lipinski definition) is 6. The fourth-order valence-corrected chi connectivity index (χ4v) is 5.77. The Bertz CT molecular complexity index is 1570. The molecule has 2 aliphatic heterocycles. The van der Waals surface area contributed by atoms with Crippen LogP contribution < -0.4 is 16.2 Å². The quantitative estimate of drug-likeness (QED) is 0.351. The third kappa shape index (κ3) is 5.24. The van der Waals surface area contributed by atoms with Crippen LogP contribution in [0.15, 0.2) is 83.8 Å². The summed E-state index contributed by atoms with van der Waals surface area (Å²) in [6.45, 7) is 4.06. The number of fused-ring (bicyclic) bond motifs is 1. The normalized spacial score (nSPS) is 18.1. The summed E-state index contributed by atoms with van der Waals surface area (Å²) in [5.41, 5.74) is 8.05. The van der Waals surface area contributed by atoms with Crippen molar-refractivity contribution in [3.8, 4) is 17.2 Å². The highest BCUT2D eigenvalue weighted by Gasteiger charge is 2.30. The van der Waals surface area contributed by atoms with Crippen molar-refractivity contribution in [2.24, 2.45) is 0 Å². The molecule has 4 aromatic rings. The molecule has 0 aliphatic carbocycles. The molecule has 2 aromatic heterocycles. The van der Waals surface area contributed by atoms with Gasteiger partial charge in [-0.15, -0.1) is 0 Å². The molecule has 1 amide bonds. The van der Waals surface area contributed by atoms with Crippen molar-refractivity contribution >= 4 is 22.8 Å². The highest BCUT2D eigenvalue weighted by molar-refractivity contribution is 5.88. The van der Waals surface area contributed by atoms with E-state index in [0.717, 1.165) is 25.4 Å². The van der Waals surface area contributed by atoms with Gasteiger partial charge in [-0.05, 0) is 74.8 Å². The van der Waals surface area contributed by atoms with Crippen LogP contribution in [-0.4, -0.2) is 62.5 Å². The Hall–Kier alpha value is -4.37. The van der Waals surface area contributed by atoms with Gasteiger partial charge in [-0.2, -0.15) is 0 Å². The van der Waals surface area contributed by atoms with E-state index in [1.54, 1.807) is 21.4 Å². The van der Waals surface area contributed by atoms with Crippen molar-refractivity contribution in [3.05, 3.63) is 89.5 Å². The number of ether oxygens (including phenoxy) is 1. The second kappa shape index (κ2) is 11.4. The van der Waals surface area contributed by atoms with Crippen LogP contribution in [0.4, 0.5) is 5.82 Å². The van der Waals surface area contributed by atoms with E-state index in [1.807, 2.05) is 71.6 Å². The summed E-state index contributed by atoms with van der Waals surface area (Å²) in [4.78, 5) is 35.3. The number of nitrogen functional groups attached to an aromatic ring is 1. The van der Waals surface area contributed by atoms with Crippen molar-refractivity contribution < 1.29 is 9.53 Å². The van der Waals surface area contributed by atoms with E-state index in [1.165, 1.54) is 19.3 Å². The zero-order valence-electron chi connectivity index (χ0n) is 22.5. The van der Waals surface area contributed by atoms with Gasteiger partial charge in [0.25, 0.3) is 0 Å². The molecule has 1 atom stereocenters. The van der Waals surface area contributed by atoms with E-state index in [4.69, 9.17) is 10.5 Å². The topological polar surface area (TPSA) is 98.6 Å². The summed E-state index contributed by atoms with van der Waals surface area (Å²) in [6, 6.07) is 18.5. The maximum absolute atomic E-state index is 13.9. The summed E-state index contributed by atoms with van der Waals surface area (Å²) in [7, 11) is 0. The molecule has 9 heteroatoms. The number of carbonyl (C=O) groups is 1. The monoisotopic (exact) mass is 538 g/mol. The number of benzene rings is 2. The molecule has 2 aliphatic rings. The second-order valence-corrected chi connectivity index (χ2v) is 10.5. The minimum atomic E-state index is -0.202. The van der Waals surface area contributed by atoms with Gasteiger partial charge in [0.2, 0.25) is 5.91 Å². The first-order chi connectivity index (χ1) is 19.6. The highest BCUT2D eigenvalue weighted by atomic mass is 16.5. The summed E-state index contributed by atoms with van der Waals surface area (Å²) in [5, 5.41) is 0. The number of nitrogens with two attached hydrogens (primary N) is 1. The maximum atomic E-state index is 13.9. The molecule has 2 aromatic carbocycles. The van der Waals surface area contributed by atoms with Gasteiger partial charge >= 0.3 is 5.69 Å². The van der Waals surface area contributed by atoms with Crippen molar-refractivity contribution in [1.82, 2.24) is 23.9 Å². The van der Waals surface area contributed by atoms with Gasteiger partial charge in [0.05, 0.1) is 17.2 Å². The Kier molecular flexibility index (Phi) is 7.37. The third-order valence-corrected chi connectivity index (χ3v) is 7.80. The molecule has 6 rings (SSSR count). The molecular weight excluding hydrogens is 504 g/mol. The van der Waals surface area contributed by atoms with Crippen LogP contribution in [0.5, 0.6) is 11.5 Å². The fourth-order valence-electron chi connectivity index (χ4n) is 5.77. The Labute approximate surface area is 233 Å².